The Labute approximate surface area is 125 Å². The normalized spacial score (nSPS) is 12.7. The lowest BCUT2D eigenvalue weighted by Crippen LogP contribution is -2.06. The molecular weight excluding hydrogens is 286 g/mol. The van der Waals surface area contributed by atoms with E-state index in [1.54, 1.807) is 4.68 Å². The Hall–Kier alpha value is -2.12. The van der Waals surface area contributed by atoms with Gasteiger partial charge in [0.25, 0.3) is 5.03 Å². The lowest BCUT2D eigenvalue weighted by molar-refractivity contribution is 0.583. The first-order valence-electron chi connectivity index (χ1n) is 6.57. The van der Waals surface area contributed by atoms with Crippen LogP contribution in [0.5, 0.6) is 0 Å². The molecule has 0 saturated heterocycles. The molecule has 0 fully saturated rings. The van der Waals surface area contributed by atoms with E-state index in [1.807, 2.05) is 38.1 Å². The van der Waals surface area contributed by atoms with E-state index in [0.717, 1.165) is 5.56 Å². The molecule has 0 bridgehead atoms. The van der Waals surface area contributed by atoms with E-state index in [1.165, 1.54) is 6.33 Å². The van der Waals surface area contributed by atoms with Crippen molar-refractivity contribution in [3.05, 3.63) is 36.2 Å². The van der Waals surface area contributed by atoms with Crippen molar-refractivity contribution < 1.29 is 4.55 Å². The number of nitrogen functional groups attached to an aromatic ring is 1. The third kappa shape index (κ3) is 2.34. The smallest absolute Gasteiger partial charge is 0.282 e. The highest BCUT2D eigenvalue weighted by Gasteiger charge is 2.26. The fourth-order valence-corrected chi connectivity index (χ4v) is 3.46. The highest BCUT2D eigenvalue weighted by Crippen LogP contribution is 2.29. The Kier molecular flexibility index (Phi) is 3.52. The number of nitrogens with two attached hydrogens (primary N) is 1. The molecule has 0 spiro atoms. The van der Waals surface area contributed by atoms with Crippen molar-refractivity contribution in [2.75, 3.05) is 5.73 Å². The highest BCUT2D eigenvalue weighted by atomic mass is 32.2. The van der Waals surface area contributed by atoms with E-state index in [4.69, 9.17) is 5.73 Å². The number of nitrogens with zero attached hydrogens (tertiary/aromatic N) is 4. The predicted octanol–water partition coefficient (Wildman–Crippen LogP) is 1.90. The molecule has 2 heterocycles. The van der Waals surface area contributed by atoms with Crippen LogP contribution in [0.4, 0.5) is 5.82 Å². The van der Waals surface area contributed by atoms with Crippen LogP contribution < -0.4 is 5.73 Å². The zero-order valence-electron chi connectivity index (χ0n) is 11.8. The van der Waals surface area contributed by atoms with Crippen molar-refractivity contribution in [3.8, 4) is 0 Å². The van der Waals surface area contributed by atoms with Gasteiger partial charge in [0.1, 0.15) is 17.5 Å². The lowest BCUT2D eigenvalue weighted by Gasteiger charge is -2.08. The third-order valence-electron chi connectivity index (χ3n) is 3.21. The van der Waals surface area contributed by atoms with Crippen LogP contribution in [0, 0.1) is 6.92 Å². The van der Waals surface area contributed by atoms with E-state index in [-0.39, 0.29) is 0 Å². The Morgan fingerprint density at radius 1 is 1.33 bits per heavy atom. The molecule has 3 rings (SSSR count). The minimum Gasteiger partial charge on any atom is -0.605 e. The van der Waals surface area contributed by atoms with Gasteiger partial charge >= 0.3 is 0 Å². The van der Waals surface area contributed by atoms with E-state index >= 15 is 0 Å². The molecule has 1 unspecified atom stereocenters. The Morgan fingerprint density at radius 2 is 2.14 bits per heavy atom. The molecule has 0 aliphatic rings. The van der Waals surface area contributed by atoms with Crippen molar-refractivity contribution in [2.24, 2.45) is 0 Å². The van der Waals surface area contributed by atoms with Crippen molar-refractivity contribution >= 4 is 28.0 Å². The second-order valence-corrected chi connectivity index (χ2v) is 6.06. The Morgan fingerprint density at radius 3 is 2.86 bits per heavy atom. The van der Waals surface area contributed by atoms with Crippen molar-refractivity contribution in [1.82, 2.24) is 19.7 Å². The molecule has 6 nitrogen and oxygen atoms in total. The molecule has 0 saturated carbocycles. The largest absolute Gasteiger partial charge is 0.605 e. The second kappa shape index (κ2) is 5.34. The van der Waals surface area contributed by atoms with Crippen LogP contribution in [0.1, 0.15) is 12.5 Å². The number of aromatic nitrogens is 4. The van der Waals surface area contributed by atoms with Crippen LogP contribution in [0.2, 0.25) is 0 Å². The van der Waals surface area contributed by atoms with Crippen molar-refractivity contribution in [3.63, 3.8) is 0 Å². The van der Waals surface area contributed by atoms with Gasteiger partial charge in [0.05, 0.1) is 0 Å². The van der Waals surface area contributed by atoms with Crippen LogP contribution in [0.25, 0.3) is 11.0 Å². The van der Waals surface area contributed by atoms with Gasteiger partial charge in [-0.15, -0.1) is 5.10 Å². The SMILES string of the molecule is CCn1nc([S+]([O-])c2cccc(C)c2)c2c(N)ncnc21. The average Bonchev–Trinajstić information content (AvgIpc) is 2.86. The molecule has 1 atom stereocenters. The van der Waals surface area contributed by atoms with Crippen LogP contribution in [0.15, 0.2) is 40.5 Å². The topological polar surface area (TPSA) is 92.7 Å². The summed E-state index contributed by atoms with van der Waals surface area (Å²) in [4.78, 5) is 8.89. The van der Waals surface area contributed by atoms with E-state index in [9.17, 15) is 4.55 Å². The number of hydrogen-bond acceptors (Lipinski definition) is 5. The van der Waals surface area contributed by atoms with Gasteiger partial charge in [-0.05, 0) is 31.5 Å². The number of benzene rings is 1. The number of fused-ring (bicyclic) bond motifs is 1. The number of anilines is 1. The third-order valence-corrected chi connectivity index (χ3v) is 4.52. The molecule has 7 heteroatoms. The molecule has 1 aromatic carbocycles. The standard InChI is InChI=1S/C14H15N5OS/c1-3-19-13-11(12(15)16-8-17-13)14(18-19)21(20)10-6-4-5-9(2)7-10/h4-8H,3H2,1-2H3,(H2,15,16,17). The first-order chi connectivity index (χ1) is 10.1. The maximum absolute atomic E-state index is 12.8. The van der Waals surface area contributed by atoms with Gasteiger partial charge in [0.15, 0.2) is 10.5 Å². The summed E-state index contributed by atoms with van der Waals surface area (Å²) in [5.74, 6) is 0.302. The van der Waals surface area contributed by atoms with Gasteiger partial charge < -0.3 is 10.3 Å². The number of rotatable bonds is 3. The summed E-state index contributed by atoms with van der Waals surface area (Å²) in [5, 5.41) is 5.39. The predicted molar refractivity (Wildman–Crippen MR) is 81.3 cm³/mol. The van der Waals surface area contributed by atoms with Crippen LogP contribution in [-0.4, -0.2) is 24.3 Å². The van der Waals surface area contributed by atoms with Gasteiger partial charge in [0.2, 0.25) is 0 Å². The monoisotopic (exact) mass is 301 g/mol. The minimum atomic E-state index is -1.41. The maximum Gasteiger partial charge on any atom is 0.282 e. The summed E-state index contributed by atoms with van der Waals surface area (Å²) in [7, 11) is 0. The second-order valence-electron chi connectivity index (χ2n) is 4.66. The first-order valence-corrected chi connectivity index (χ1v) is 7.72. The first kappa shape index (κ1) is 13.8. The molecule has 108 valence electrons. The van der Waals surface area contributed by atoms with Gasteiger partial charge in [0, 0.05) is 17.7 Å². The summed E-state index contributed by atoms with van der Waals surface area (Å²) in [6, 6.07) is 7.54. The van der Waals surface area contributed by atoms with E-state index in [2.05, 4.69) is 15.1 Å². The summed E-state index contributed by atoms with van der Waals surface area (Å²) in [6.07, 6.45) is 1.39. The molecule has 2 aromatic heterocycles. The molecule has 0 radical (unpaired) electrons. The lowest BCUT2D eigenvalue weighted by atomic mass is 10.2. The van der Waals surface area contributed by atoms with Gasteiger partial charge in [-0.1, -0.05) is 12.1 Å². The van der Waals surface area contributed by atoms with Gasteiger partial charge in [-0.3, -0.25) is 0 Å². The van der Waals surface area contributed by atoms with Crippen LogP contribution >= 0.6 is 0 Å². The molecule has 2 N–H and O–H groups in total. The van der Waals surface area contributed by atoms with E-state index in [0.29, 0.717) is 33.3 Å². The molecule has 0 aliphatic heterocycles. The molecule has 0 aliphatic carbocycles. The van der Waals surface area contributed by atoms with Crippen LogP contribution in [-0.2, 0) is 17.7 Å². The fraction of sp³-hybridized carbons (Fsp3) is 0.214. The quantitative estimate of drug-likeness (QED) is 0.746. The minimum absolute atomic E-state index is 0.302. The molecular formula is C14H15N5OS. The molecule has 3 aromatic rings. The Balaban J connectivity index is 2.20. The number of aryl methyl sites for hydroxylation is 2. The fourth-order valence-electron chi connectivity index (χ4n) is 2.19. The maximum atomic E-state index is 12.8. The van der Waals surface area contributed by atoms with Gasteiger partial charge in [-0.2, -0.15) is 0 Å². The highest BCUT2D eigenvalue weighted by molar-refractivity contribution is 7.91. The number of hydrogen-bond donors (Lipinski definition) is 1. The van der Waals surface area contributed by atoms with Crippen molar-refractivity contribution in [2.45, 2.75) is 30.3 Å². The zero-order valence-corrected chi connectivity index (χ0v) is 12.6. The summed E-state index contributed by atoms with van der Waals surface area (Å²) in [5.41, 5.74) is 7.59. The Bertz CT molecular complexity index is 801. The zero-order chi connectivity index (χ0) is 15.0. The summed E-state index contributed by atoms with van der Waals surface area (Å²) >= 11 is -1.41. The van der Waals surface area contributed by atoms with Crippen LogP contribution in [0.3, 0.4) is 0 Å². The molecule has 21 heavy (non-hydrogen) atoms. The summed E-state index contributed by atoms with van der Waals surface area (Å²) in [6.45, 7) is 4.53. The van der Waals surface area contributed by atoms with Gasteiger partial charge in [-0.25, -0.2) is 14.6 Å². The summed E-state index contributed by atoms with van der Waals surface area (Å²) < 4.78 is 14.5. The average molecular weight is 301 g/mol. The van der Waals surface area contributed by atoms with E-state index < -0.39 is 11.2 Å². The molecule has 0 amide bonds. The van der Waals surface area contributed by atoms with Crippen molar-refractivity contribution in [1.29, 1.82) is 0 Å².